The summed E-state index contributed by atoms with van der Waals surface area (Å²) in [4.78, 5) is 21.7. The molecule has 0 amide bonds. The molecular weight excluding hydrogens is 220 g/mol. The number of nitrogens with two attached hydrogens (primary N) is 1. The van der Waals surface area contributed by atoms with Crippen molar-refractivity contribution < 1.29 is 9.53 Å². The highest BCUT2D eigenvalue weighted by Gasteiger charge is 2.23. The zero-order valence-electron chi connectivity index (χ0n) is 9.80. The van der Waals surface area contributed by atoms with E-state index < -0.39 is 5.97 Å². The van der Waals surface area contributed by atoms with Crippen LogP contribution in [0.15, 0.2) is 12.4 Å². The lowest BCUT2D eigenvalue weighted by atomic mass is 10.1. The van der Waals surface area contributed by atoms with E-state index in [9.17, 15) is 4.79 Å². The summed E-state index contributed by atoms with van der Waals surface area (Å²) >= 11 is 0. The average Bonchev–Trinajstić information content (AvgIpc) is 2.86. The molecule has 0 aliphatic carbocycles. The topological polar surface area (TPSA) is 81.3 Å². The van der Waals surface area contributed by atoms with Crippen LogP contribution in [0.3, 0.4) is 0 Å². The molecule has 1 aromatic rings. The zero-order valence-corrected chi connectivity index (χ0v) is 9.80. The highest BCUT2D eigenvalue weighted by molar-refractivity contribution is 5.87. The molecule has 0 saturated carbocycles. The van der Waals surface area contributed by atoms with Crippen molar-refractivity contribution in [2.45, 2.75) is 6.42 Å². The Morgan fingerprint density at radius 2 is 2.47 bits per heavy atom. The monoisotopic (exact) mass is 236 g/mol. The van der Waals surface area contributed by atoms with Crippen LogP contribution in [-0.2, 0) is 4.74 Å². The zero-order chi connectivity index (χ0) is 12.3. The Bertz CT molecular complexity index is 410. The standard InChI is InChI=1S/C11H16N4O2/c1-17-11(16)9-5-13-6-10(14-9)15-3-2-8(4-12)7-15/h5-6,8H,2-4,7,12H2,1H3. The molecule has 1 aliphatic heterocycles. The first kappa shape index (κ1) is 11.8. The smallest absolute Gasteiger partial charge is 0.358 e. The fraction of sp³-hybridized carbons (Fsp3) is 0.545. The van der Waals surface area contributed by atoms with Gasteiger partial charge in [-0.2, -0.15) is 0 Å². The number of carbonyl (C=O) groups is 1. The average molecular weight is 236 g/mol. The van der Waals surface area contributed by atoms with E-state index in [1.807, 2.05) is 0 Å². The molecule has 0 aromatic carbocycles. The van der Waals surface area contributed by atoms with Gasteiger partial charge in [0.05, 0.1) is 19.5 Å². The van der Waals surface area contributed by atoms with Crippen LogP contribution in [0.1, 0.15) is 16.9 Å². The van der Waals surface area contributed by atoms with Gasteiger partial charge in [0.25, 0.3) is 0 Å². The van der Waals surface area contributed by atoms with Crippen molar-refractivity contribution in [3.8, 4) is 0 Å². The lowest BCUT2D eigenvalue weighted by molar-refractivity contribution is 0.0593. The van der Waals surface area contributed by atoms with E-state index >= 15 is 0 Å². The molecule has 1 aromatic heterocycles. The number of methoxy groups -OCH3 is 1. The number of hydrogen-bond donors (Lipinski definition) is 1. The SMILES string of the molecule is COC(=O)c1cncc(N2CCC(CN)C2)n1. The maximum atomic E-state index is 11.3. The summed E-state index contributed by atoms with van der Waals surface area (Å²) in [5.41, 5.74) is 5.87. The highest BCUT2D eigenvalue weighted by Crippen LogP contribution is 2.20. The van der Waals surface area contributed by atoms with Crippen molar-refractivity contribution in [3.05, 3.63) is 18.1 Å². The third kappa shape index (κ3) is 2.52. The summed E-state index contributed by atoms with van der Waals surface area (Å²) < 4.78 is 4.62. The van der Waals surface area contributed by atoms with Crippen molar-refractivity contribution >= 4 is 11.8 Å². The first-order valence-electron chi connectivity index (χ1n) is 5.60. The second-order valence-corrected chi connectivity index (χ2v) is 4.09. The van der Waals surface area contributed by atoms with Crippen LogP contribution in [0.5, 0.6) is 0 Å². The van der Waals surface area contributed by atoms with Gasteiger partial charge in [0.1, 0.15) is 5.82 Å². The van der Waals surface area contributed by atoms with Crippen LogP contribution in [0.2, 0.25) is 0 Å². The van der Waals surface area contributed by atoms with Gasteiger partial charge in [-0.05, 0) is 18.9 Å². The minimum atomic E-state index is -0.464. The maximum Gasteiger partial charge on any atom is 0.358 e. The summed E-state index contributed by atoms with van der Waals surface area (Å²) in [7, 11) is 1.33. The first-order chi connectivity index (χ1) is 8.24. The third-order valence-electron chi connectivity index (χ3n) is 2.96. The number of hydrogen-bond acceptors (Lipinski definition) is 6. The Morgan fingerprint density at radius 3 is 3.12 bits per heavy atom. The van der Waals surface area contributed by atoms with Gasteiger partial charge in [0.2, 0.25) is 0 Å². The summed E-state index contributed by atoms with van der Waals surface area (Å²) in [5, 5.41) is 0. The molecule has 1 aliphatic rings. The van der Waals surface area contributed by atoms with Gasteiger partial charge in [-0.1, -0.05) is 0 Å². The van der Waals surface area contributed by atoms with Gasteiger partial charge in [-0.25, -0.2) is 9.78 Å². The van der Waals surface area contributed by atoms with Crippen LogP contribution in [0.25, 0.3) is 0 Å². The minimum Gasteiger partial charge on any atom is -0.464 e. The molecule has 0 radical (unpaired) electrons. The Morgan fingerprint density at radius 1 is 1.65 bits per heavy atom. The second kappa shape index (κ2) is 5.09. The van der Waals surface area contributed by atoms with Crippen LogP contribution in [0.4, 0.5) is 5.82 Å². The molecule has 0 bridgehead atoms. The highest BCUT2D eigenvalue weighted by atomic mass is 16.5. The predicted octanol–water partition coefficient (Wildman–Crippen LogP) is 0.0482. The molecule has 2 heterocycles. The number of rotatable bonds is 3. The number of aromatic nitrogens is 2. The Hall–Kier alpha value is -1.69. The fourth-order valence-electron chi connectivity index (χ4n) is 1.94. The Kier molecular flexibility index (Phi) is 3.53. The summed E-state index contributed by atoms with van der Waals surface area (Å²) in [6.45, 7) is 2.46. The van der Waals surface area contributed by atoms with E-state index in [1.54, 1.807) is 6.20 Å². The number of anilines is 1. The van der Waals surface area contributed by atoms with Crippen molar-refractivity contribution in [1.82, 2.24) is 9.97 Å². The molecule has 1 unspecified atom stereocenters. The molecule has 1 atom stereocenters. The van der Waals surface area contributed by atoms with E-state index in [-0.39, 0.29) is 5.69 Å². The summed E-state index contributed by atoms with van der Waals surface area (Å²) in [6, 6.07) is 0. The molecule has 1 fully saturated rings. The molecule has 6 nitrogen and oxygen atoms in total. The molecule has 2 rings (SSSR count). The van der Waals surface area contributed by atoms with E-state index in [0.717, 1.165) is 19.5 Å². The Labute approximate surface area is 99.8 Å². The normalized spacial score (nSPS) is 19.4. The van der Waals surface area contributed by atoms with Gasteiger partial charge in [-0.15, -0.1) is 0 Å². The minimum absolute atomic E-state index is 0.237. The molecule has 2 N–H and O–H groups in total. The maximum absolute atomic E-state index is 11.3. The summed E-state index contributed by atoms with van der Waals surface area (Å²) in [6.07, 6.45) is 4.12. The third-order valence-corrected chi connectivity index (χ3v) is 2.96. The molecule has 0 spiro atoms. The number of carbonyl (C=O) groups excluding carboxylic acids is 1. The van der Waals surface area contributed by atoms with Crippen LogP contribution < -0.4 is 10.6 Å². The molecule has 6 heteroatoms. The second-order valence-electron chi connectivity index (χ2n) is 4.09. The largest absolute Gasteiger partial charge is 0.464 e. The van der Waals surface area contributed by atoms with Crippen LogP contribution >= 0.6 is 0 Å². The predicted molar refractivity (Wildman–Crippen MR) is 62.7 cm³/mol. The lowest BCUT2D eigenvalue weighted by Crippen LogP contribution is -2.24. The van der Waals surface area contributed by atoms with Crippen LogP contribution in [0, 0.1) is 5.92 Å². The van der Waals surface area contributed by atoms with Crippen molar-refractivity contribution in [1.29, 1.82) is 0 Å². The van der Waals surface area contributed by atoms with E-state index in [4.69, 9.17) is 5.73 Å². The molecule has 17 heavy (non-hydrogen) atoms. The molecular formula is C11H16N4O2. The van der Waals surface area contributed by atoms with E-state index in [0.29, 0.717) is 18.3 Å². The lowest BCUT2D eigenvalue weighted by Gasteiger charge is -2.16. The van der Waals surface area contributed by atoms with Crippen molar-refractivity contribution in [2.24, 2.45) is 11.7 Å². The van der Waals surface area contributed by atoms with Crippen LogP contribution in [-0.4, -0.2) is 42.7 Å². The van der Waals surface area contributed by atoms with Gasteiger partial charge < -0.3 is 15.4 Å². The van der Waals surface area contributed by atoms with E-state index in [1.165, 1.54) is 13.3 Å². The Balaban J connectivity index is 2.14. The van der Waals surface area contributed by atoms with Gasteiger partial charge in [0.15, 0.2) is 5.69 Å². The summed E-state index contributed by atoms with van der Waals surface area (Å²) in [5.74, 6) is 0.747. The number of nitrogens with zero attached hydrogens (tertiary/aromatic N) is 3. The molecule has 92 valence electrons. The van der Waals surface area contributed by atoms with Crippen molar-refractivity contribution in [3.63, 3.8) is 0 Å². The van der Waals surface area contributed by atoms with Gasteiger partial charge >= 0.3 is 5.97 Å². The van der Waals surface area contributed by atoms with Gasteiger partial charge in [0, 0.05) is 13.1 Å². The van der Waals surface area contributed by atoms with Crippen molar-refractivity contribution in [2.75, 3.05) is 31.6 Å². The number of ether oxygens (including phenoxy) is 1. The fourth-order valence-corrected chi connectivity index (χ4v) is 1.94. The number of esters is 1. The van der Waals surface area contributed by atoms with Gasteiger partial charge in [-0.3, -0.25) is 4.98 Å². The quantitative estimate of drug-likeness (QED) is 0.747. The molecule has 1 saturated heterocycles. The first-order valence-corrected chi connectivity index (χ1v) is 5.60. The van der Waals surface area contributed by atoms with E-state index in [2.05, 4.69) is 19.6 Å².